The summed E-state index contributed by atoms with van der Waals surface area (Å²) < 4.78 is 9.54. The Hall–Kier alpha value is -2.38. The van der Waals surface area contributed by atoms with E-state index in [1.807, 2.05) is 0 Å². The summed E-state index contributed by atoms with van der Waals surface area (Å²) in [5.74, 6) is -0.613. The highest BCUT2D eigenvalue weighted by Gasteiger charge is 2.27. The number of anilines is 1. The molecule has 0 unspecified atom stereocenters. The predicted octanol–water partition coefficient (Wildman–Crippen LogP) is 2.12. The van der Waals surface area contributed by atoms with Crippen LogP contribution >= 0.6 is 0 Å². The van der Waals surface area contributed by atoms with Crippen LogP contribution < -0.4 is 5.32 Å². The molecule has 1 N–H and O–H groups in total. The number of esters is 1. The van der Waals surface area contributed by atoms with Gasteiger partial charge >= 0.3 is 5.97 Å². The molecule has 25 heavy (non-hydrogen) atoms. The molecule has 0 aliphatic heterocycles. The summed E-state index contributed by atoms with van der Waals surface area (Å²) >= 11 is 0. The van der Waals surface area contributed by atoms with Crippen LogP contribution in [0.25, 0.3) is 0 Å². The Bertz CT molecular complexity index is 567. The zero-order chi connectivity index (χ0) is 18.1. The molecule has 2 amide bonds. The van der Waals surface area contributed by atoms with Crippen LogP contribution in [-0.4, -0.2) is 47.0 Å². The number of nitrogens with one attached hydrogen (secondary N) is 1. The minimum atomic E-state index is -0.397. The van der Waals surface area contributed by atoms with Gasteiger partial charge in [0.15, 0.2) is 5.82 Å². The van der Waals surface area contributed by atoms with Gasteiger partial charge in [-0.15, -0.1) is 0 Å². The summed E-state index contributed by atoms with van der Waals surface area (Å²) in [6.45, 7) is 1.96. The van der Waals surface area contributed by atoms with Gasteiger partial charge in [-0.05, 0) is 19.8 Å². The van der Waals surface area contributed by atoms with Crippen molar-refractivity contribution in [3.8, 4) is 0 Å². The largest absolute Gasteiger partial charge is 0.466 e. The van der Waals surface area contributed by atoms with E-state index in [-0.39, 0.29) is 37.2 Å². The molecule has 0 atom stereocenters. The maximum Gasteiger partial charge on any atom is 0.306 e. The van der Waals surface area contributed by atoms with Gasteiger partial charge in [0.2, 0.25) is 11.8 Å². The summed E-state index contributed by atoms with van der Waals surface area (Å²) in [5.41, 5.74) is 0. The Labute approximate surface area is 146 Å². The molecule has 0 saturated heterocycles. The Kier molecular flexibility index (Phi) is 7.43. The van der Waals surface area contributed by atoms with Gasteiger partial charge in [0.05, 0.1) is 13.0 Å². The average molecular weight is 351 g/mol. The van der Waals surface area contributed by atoms with Crippen LogP contribution in [0.3, 0.4) is 0 Å². The molecule has 1 aromatic rings. The number of hydrogen-bond donors (Lipinski definition) is 1. The number of nitrogens with zero attached hydrogens (tertiary/aromatic N) is 2. The minimum absolute atomic E-state index is 0.0286. The lowest BCUT2D eigenvalue weighted by Gasteiger charge is -2.34. The van der Waals surface area contributed by atoms with Gasteiger partial charge in [-0.2, -0.15) is 0 Å². The molecule has 8 heteroatoms. The third-order valence-electron chi connectivity index (χ3n) is 4.20. The molecule has 2 rings (SSSR count). The molecular weight excluding hydrogens is 326 g/mol. The second-order valence-electron chi connectivity index (χ2n) is 6.05. The molecule has 1 heterocycles. The highest BCUT2D eigenvalue weighted by molar-refractivity contribution is 5.94. The second kappa shape index (κ2) is 9.80. The smallest absolute Gasteiger partial charge is 0.306 e. The molecule has 138 valence electrons. The third-order valence-corrected chi connectivity index (χ3v) is 4.20. The molecule has 1 saturated carbocycles. The van der Waals surface area contributed by atoms with Crippen molar-refractivity contribution in [2.45, 2.75) is 57.9 Å². The zero-order valence-electron chi connectivity index (χ0n) is 14.5. The van der Waals surface area contributed by atoms with Gasteiger partial charge in [0, 0.05) is 18.5 Å². The molecule has 8 nitrogen and oxygen atoms in total. The first-order valence-electron chi connectivity index (χ1n) is 8.75. The fourth-order valence-corrected chi connectivity index (χ4v) is 3.01. The van der Waals surface area contributed by atoms with Gasteiger partial charge < -0.3 is 19.5 Å². The van der Waals surface area contributed by atoms with Crippen molar-refractivity contribution in [1.29, 1.82) is 0 Å². The summed E-state index contributed by atoms with van der Waals surface area (Å²) in [4.78, 5) is 37.9. The van der Waals surface area contributed by atoms with Crippen molar-refractivity contribution in [1.82, 2.24) is 10.1 Å². The Morgan fingerprint density at radius 3 is 2.68 bits per heavy atom. The lowest BCUT2D eigenvalue weighted by atomic mass is 9.94. The highest BCUT2D eigenvalue weighted by atomic mass is 16.5. The predicted molar refractivity (Wildman–Crippen MR) is 89.6 cm³/mol. The van der Waals surface area contributed by atoms with E-state index in [4.69, 9.17) is 4.74 Å². The average Bonchev–Trinajstić information content (AvgIpc) is 3.11. The number of ether oxygens (including phenoxy) is 1. The van der Waals surface area contributed by atoms with E-state index >= 15 is 0 Å². The molecule has 1 aromatic heterocycles. The fraction of sp³-hybridized carbons (Fsp3) is 0.647. The quantitative estimate of drug-likeness (QED) is 0.720. The van der Waals surface area contributed by atoms with Gasteiger partial charge in [0.25, 0.3) is 0 Å². The van der Waals surface area contributed by atoms with Crippen LogP contribution in [0.2, 0.25) is 0 Å². The van der Waals surface area contributed by atoms with E-state index < -0.39 is 5.97 Å². The van der Waals surface area contributed by atoms with Crippen molar-refractivity contribution >= 4 is 23.6 Å². The normalized spacial score (nSPS) is 14.8. The van der Waals surface area contributed by atoms with Crippen molar-refractivity contribution < 1.29 is 23.6 Å². The number of hydrogen-bond acceptors (Lipinski definition) is 6. The van der Waals surface area contributed by atoms with Gasteiger partial charge in [-0.25, -0.2) is 0 Å². The van der Waals surface area contributed by atoms with Gasteiger partial charge in [-0.3, -0.25) is 14.4 Å². The molecular formula is C17H25N3O5. The molecule has 1 aliphatic carbocycles. The van der Waals surface area contributed by atoms with E-state index in [0.29, 0.717) is 12.4 Å². The second-order valence-corrected chi connectivity index (χ2v) is 6.05. The summed E-state index contributed by atoms with van der Waals surface area (Å²) in [7, 11) is 0. The van der Waals surface area contributed by atoms with Crippen molar-refractivity contribution in [3.05, 3.63) is 12.3 Å². The highest BCUT2D eigenvalue weighted by Crippen LogP contribution is 2.23. The molecule has 0 bridgehead atoms. The first-order chi connectivity index (χ1) is 12.1. The maximum absolute atomic E-state index is 12.6. The van der Waals surface area contributed by atoms with Crippen LogP contribution in [0.4, 0.5) is 5.82 Å². The lowest BCUT2D eigenvalue weighted by Crippen LogP contribution is -2.45. The standard InChI is InChI=1S/C17H25N3O5/c1-2-24-17(23)9-8-16(22)20(13-6-4-3-5-7-13)12-15(21)18-14-10-11-25-19-14/h10-11,13H,2-9,12H2,1H3,(H,18,19,21). The first kappa shape index (κ1) is 19.0. The van der Waals surface area contributed by atoms with E-state index in [9.17, 15) is 14.4 Å². The molecule has 1 fully saturated rings. The Morgan fingerprint density at radius 2 is 2.04 bits per heavy atom. The third kappa shape index (κ3) is 6.21. The van der Waals surface area contributed by atoms with Crippen LogP contribution in [0.5, 0.6) is 0 Å². The summed E-state index contributed by atoms with van der Waals surface area (Å²) in [6, 6.07) is 1.57. The summed E-state index contributed by atoms with van der Waals surface area (Å²) in [5, 5.41) is 6.23. The topological polar surface area (TPSA) is 102 Å². The summed E-state index contributed by atoms with van der Waals surface area (Å²) in [6.07, 6.45) is 6.41. The Balaban J connectivity index is 1.95. The Morgan fingerprint density at radius 1 is 1.28 bits per heavy atom. The van der Waals surface area contributed by atoms with Crippen LogP contribution in [0, 0.1) is 0 Å². The van der Waals surface area contributed by atoms with Crippen LogP contribution in [0.15, 0.2) is 16.9 Å². The molecule has 0 radical (unpaired) electrons. The van der Waals surface area contributed by atoms with Gasteiger partial charge in [-0.1, -0.05) is 24.4 Å². The number of aromatic nitrogens is 1. The van der Waals surface area contributed by atoms with E-state index in [1.54, 1.807) is 11.8 Å². The molecule has 0 aromatic carbocycles. The van der Waals surface area contributed by atoms with Crippen molar-refractivity contribution in [2.24, 2.45) is 0 Å². The first-order valence-corrected chi connectivity index (χ1v) is 8.75. The van der Waals surface area contributed by atoms with Gasteiger partial charge in [0.1, 0.15) is 12.8 Å². The van der Waals surface area contributed by atoms with Crippen LogP contribution in [0.1, 0.15) is 51.9 Å². The number of carbonyl (C=O) groups is 3. The maximum atomic E-state index is 12.6. The van der Waals surface area contributed by atoms with Crippen molar-refractivity contribution in [3.63, 3.8) is 0 Å². The minimum Gasteiger partial charge on any atom is -0.466 e. The zero-order valence-corrected chi connectivity index (χ0v) is 14.5. The molecule has 0 spiro atoms. The monoisotopic (exact) mass is 351 g/mol. The lowest BCUT2D eigenvalue weighted by molar-refractivity contribution is -0.146. The number of carbonyl (C=O) groups excluding carboxylic acids is 3. The number of rotatable bonds is 8. The van der Waals surface area contributed by atoms with E-state index in [0.717, 1.165) is 32.1 Å². The number of amides is 2. The molecule has 1 aliphatic rings. The van der Waals surface area contributed by atoms with E-state index in [1.165, 1.54) is 12.3 Å². The fourth-order valence-electron chi connectivity index (χ4n) is 3.01. The van der Waals surface area contributed by atoms with Crippen LogP contribution in [-0.2, 0) is 19.1 Å². The SMILES string of the molecule is CCOC(=O)CCC(=O)N(CC(=O)Nc1ccon1)C1CCCCC1. The van der Waals surface area contributed by atoms with E-state index in [2.05, 4.69) is 15.0 Å². The van der Waals surface area contributed by atoms with Crippen molar-refractivity contribution in [2.75, 3.05) is 18.5 Å².